The topological polar surface area (TPSA) is 149 Å². The first kappa shape index (κ1) is 54.7. The first-order valence-corrected chi connectivity index (χ1v) is 23.7. The number of aliphatic hydroxyl groups is 2. The number of aliphatic hydroxyl groups excluding tert-OH is 2. The van der Waals surface area contributed by atoms with Crippen LogP contribution in [0.4, 0.5) is 0 Å². The van der Waals surface area contributed by atoms with Crippen LogP contribution in [-0.2, 0) is 32.7 Å². The molecule has 330 valence electrons. The maximum Gasteiger partial charge on any atom is 0.472 e. The normalized spacial score (nSPS) is 14.4. The van der Waals surface area contributed by atoms with Crippen LogP contribution in [0, 0.1) is 0 Å². The molecule has 0 amide bonds. The van der Waals surface area contributed by atoms with E-state index >= 15 is 0 Å². The van der Waals surface area contributed by atoms with E-state index < -0.39 is 51.8 Å². The van der Waals surface area contributed by atoms with Gasteiger partial charge in [0.05, 0.1) is 19.8 Å². The molecular weight excluding hydrogens is 743 g/mol. The van der Waals surface area contributed by atoms with Crippen LogP contribution < -0.4 is 0 Å². The number of esters is 2. The summed E-state index contributed by atoms with van der Waals surface area (Å²) in [4.78, 5) is 35.0. The number of carbonyl (C=O) groups excluding carboxylic acids is 2. The van der Waals surface area contributed by atoms with Crippen LogP contribution >= 0.6 is 7.82 Å². The summed E-state index contributed by atoms with van der Waals surface area (Å²) >= 11 is 0. The van der Waals surface area contributed by atoms with E-state index in [0.29, 0.717) is 12.8 Å². The molecule has 0 spiro atoms. The molecule has 0 radical (unpaired) electrons. The summed E-state index contributed by atoms with van der Waals surface area (Å²) in [6, 6.07) is 0. The molecule has 0 aromatic carbocycles. The number of phosphoric ester groups is 1. The largest absolute Gasteiger partial charge is 0.472 e. The Kier molecular flexibility index (Phi) is 40.1. The van der Waals surface area contributed by atoms with Crippen molar-refractivity contribution in [1.29, 1.82) is 0 Å². The maximum atomic E-state index is 12.6. The Labute approximate surface area is 346 Å². The average Bonchev–Trinajstić information content (AvgIpc) is 3.20. The van der Waals surface area contributed by atoms with Gasteiger partial charge in [-0.25, -0.2) is 4.57 Å². The molecule has 3 unspecified atom stereocenters. The van der Waals surface area contributed by atoms with Crippen LogP contribution in [0.25, 0.3) is 0 Å². The molecule has 0 aliphatic rings. The van der Waals surface area contributed by atoms with E-state index in [2.05, 4.69) is 79.1 Å². The van der Waals surface area contributed by atoms with Crippen LogP contribution in [0.3, 0.4) is 0 Å². The van der Waals surface area contributed by atoms with Crippen LogP contribution in [0.15, 0.2) is 60.8 Å². The van der Waals surface area contributed by atoms with Crippen LogP contribution in [0.2, 0.25) is 0 Å². The van der Waals surface area contributed by atoms with Crippen molar-refractivity contribution >= 4 is 19.8 Å². The summed E-state index contributed by atoms with van der Waals surface area (Å²) in [6.45, 7) is 2.21. The number of unbranched alkanes of at least 4 members (excludes halogenated alkanes) is 17. The summed E-state index contributed by atoms with van der Waals surface area (Å²) in [5.74, 6) is -0.977. The smallest absolute Gasteiger partial charge is 0.462 e. The SMILES string of the molecule is CC/C=C\C/C=C\C/C=C\C/C=C\CCCCC(=O)OC(COC(=O)CCCCCCCCCCC/C=C\CCCCCCCC)COP(=O)(O)OCC(O)CO. The van der Waals surface area contributed by atoms with Crippen LogP contribution in [0.5, 0.6) is 0 Å². The van der Waals surface area contributed by atoms with Gasteiger partial charge in [-0.3, -0.25) is 18.6 Å². The highest BCUT2D eigenvalue weighted by Crippen LogP contribution is 2.43. The average molecular weight is 825 g/mol. The molecule has 0 aliphatic carbocycles. The minimum Gasteiger partial charge on any atom is -0.462 e. The van der Waals surface area contributed by atoms with Crippen molar-refractivity contribution in [2.24, 2.45) is 0 Å². The molecular formula is C46H81O10P. The molecule has 0 aromatic heterocycles. The van der Waals surface area contributed by atoms with Gasteiger partial charge in [0.25, 0.3) is 0 Å². The highest BCUT2D eigenvalue weighted by atomic mass is 31.2. The third-order valence-corrected chi connectivity index (χ3v) is 10.1. The fourth-order valence-electron chi connectivity index (χ4n) is 5.74. The molecule has 0 fully saturated rings. The zero-order valence-corrected chi connectivity index (χ0v) is 36.7. The Balaban J connectivity index is 4.32. The van der Waals surface area contributed by atoms with Gasteiger partial charge in [-0.05, 0) is 77.0 Å². The fourth-order valence-corrected chi connectivity index (χ4v) is 6.53. The molecule has 10 nitrogen and oxygen atoms in total. The van der Waals surface area contributed by atoms with Crippen molar-refractivity contribution in [2.45, 2.75) is 193 Å². The lowest BCUT2D eigenvalue weighted by molar-refractivity contribution is -0.161. The molecule has 0 saturated heterocycles. The summed E-state index contributed by atoms with van der Waals surface area (Å²) in [5.41, 5.74) is 0. The van der Waals surface area contributed by atoms with Crippen molar-refractivity contribution in [3.8, 4) is 0 Å². The quantitative estimate of drug-likeness (QED) is 0.0235. The van der Waals surface area contributed by atoms with Gasteiger partial charge in [0.2, 0.25) is 0 Å². The van der Waals surface area contributed by atoms with E-state index in [1.165, 1.54) is 83.5 Å². The summed E-state index contributed by atoms with van der Waals surface area (Å²) in [6.07, 6.45) is 46.2. The maximum absolute atomic E-state index is 12.6. The molecule has 0 rings (SSSR count). The number of carbonyl (C=O) groups is 2. The van der Waals surface area contributed by atoms with Crippen molar-refractivity contribution in [3.05, 3.63) is 60.8 Å². The summed E-state index contributed by atoms with van der Waals surface area (Å²) < 4.78 is 32.7. The molecule has 57 heavy (non-hydrogen) atoms. The monoisotopic (exact) mass is 825 g/mol. The van der Waals surface area contributed by atoms with E-state index in [1.807, 2.05) is 0 Å². The lowest BCUT2D eigenvalue weighted by Crippen LogP contribution is -2.29. The molecule has 11 heteroatoms. The molecule has 0 heterocycles. The second-order valence-electron chi connectivity index (χ2n) is 14.7. The third-order valence-electron chi connectivity index (χ3n) is 9.16. The van der Waals surface area contributed by atoms with Crippen LogP contribution in [0.1, 0.15) is 181 Å². The summed E-state index contributed by atoms with van der Waals surface area (Å²) in [7, 11) is -4.63. The summed E-state index contributed by atoms with van der Waals surface area (Å²) in [5, 5.41) is 18.3. The number of phosphoric acid groups is 1. The molecule has 0 bridgehead atoms. The number of hydrogen-bond acceptors (Lipinski definition) is 9. The van der Waals surface area contributed by atoms with Crippen molar-refractivity contribution in [1.82, 2.24) is 0 Å². The fraction of sp³-hybridized carbons (Fsp3) is 0.739. The Hall–Kier alpha value is -2.33. The molecule has 0 saturated carbocycles. The predicted molar refractivity (Wildman–Crippen MR) is 233 cm³/mol. The first-order valence-electron chi connectivity index (χ1n) is 22.2. The minimum absolute atomic E-state index is 0.130. The van der Waals surface area contributed by atoms with Crippen LogP contribution in [-0.4, -0.2) is 65.7 Å². The molecule has 3 atom stereocenters. The second kappa shape index (κ2) is 41.8. The lowest BCUT2D eigenvalue weighted by Gasteiger charge is -2.20. The van der Waals surface area contributed by atoms with Gasteiger partial charge in [-0.15, -0.1) is 0 Å². The van der Waals surface area contributed by atoms with Crippen molar-refractivity contribution in [2.75, 3.05) is 26.4 Å². The van der Waals surface area contributed by atoms with E-state index in [-0.39, 0.29) is 19.4 Å². The Morgan fingerprint density at radius 1 is 0.544 bits per heavy atom. The van der Waals surface area contributed by atoms with E-state index in [0.717, 1.165) is 57.8 Å². The standard InChI is InChI=1S/C46H81O10P/c1-3-5-7-9-11-13-15-17-19-20-21-22-24-25-27-29-31-33-35-37-45(49)53-41-44(42-55-57(51,52)54-40-43(48)39-47)56-46(50)38-36-34-32-30-28-26-23-18-16-14-12-10-8-6-4-2/h6,8,12,14,17-19,23,28,30,43-44,47-48H,3-5,7,9-11,13,15-16,20-22,24-27,29,31-42H2,1-2H3,(H,51,52)/b8-6-,14-12-,19-17-,23-18-,30-28-. The van der Waals surface area contributed by atoms with Gasteiger partial charge < -0.3 is 24.6 Å². The van der Waals surface area contributed by atoms with Gasteiger partial charge in [-0.1, -0.05) is 152 Å². The number of hydrogen-bond donors (Lipinski definition) is 3. The zero-order valence-electron chi connectivity index (χ0n) is 35.8. The molecule has 3 N–H and O–H groups in total. The molecule has 0 aromatic rings. The highest BCUT2D eigenvalue weighted by Gasteiger charge is 2.27. The van der Waals surface area contributed by atoms with E-state index in [1.54, 1.807) is 0 Å². The number of ether oxygens (including phenoxy) is 2. The zero-order chi connectivity index (χ0) is 41.9. The Morgan fingerprint density at radius 2 is 0.965 bits per heavy atom. The second-order valence-corrected chi connectivity index (χ2v) is 16.1. The van der Waals surface area contributed by atoms with E-state index in [9.17, 15) is 24.2 Å². The van der Waals surface area contributed by atoms with Crippen molar-refractivity contribution in [3.63, 3.8) is 0 Å². The van der Waals surface area contributed by atoms with Crippen molar-refractivity contribution < 1.29 is 47.8 Å². The highest BCUT2D eigenvalue weighted by molar-refractivity contribution is 7.47. The van der Waals surface area contributed by atoms with Gasteiger partial charge in [0.15, 0.2) is 6.10 Å². The first-order chi connectivity index (χ1) is 27.7. The third kappa shape index (κ3) is 41.6. The minimum atomic E-state index is -4.63. The Morgan fingerprint density at radius 3 is 1.51 bits per heavy atom. The van der Waals surface area contributed by atoms with Gasteiger partial charge in [0.1, 0.15) is 12.7 Å². The van der Waals surface area contributed by atoms with E-state index in [4.69, 9.17) is 19.1 Å². The lowest BCUT2D eigenvalue weighted by atomic mass is 10.1. The van der Waals surface area contributed by atoms with Gasteiger partial charge in [-0.2, -0.15) is 0 Å². The predicted octanol–water partition coefficient (Wildman–Crippen LogP) is 11.9. The van der Waals surface area contributed by atoms with Gasteiger partial charge >= 0.3 is 19.8 Å². The Bertz CT molecular complexity index is 1130. The van der Waals surface area contributed by atoms with Gasteiger partial charge in [0, 0.05) is 12.8 Å². The number of allylic oxidation sites excluding steroid dienone is 10. The molecule has 0 aliphatic heterocycles. The number of rotatable bonds is 41.